The molecule has 1 saturated carbocycles. The smallest absolute Gasteiger partial charge is 0.243 e. The molecule has 2 aromatic carbocycles. The van der Waals surface area contributed by atoms with Crippen molar-refractivity contribution in [3.8, 4) is 5.75 Å². The lowest BCUT2D eigenvalue weighted by Gasteiger charge is -2.28. The highest BCUT2D eigenvalue weighted by molar-refractivity contribution is 6.30. The van der Waals surface area contributed by atoms with Gasteiger partial charge in [0, 0.05) is 18.1 Å². The number of ether oxygens (including phenoxy) is 1. The van der Waals surface area contributed by atoms with Crippen LogP contribution in [-0.2, 0) is 27.2 Å². The molecule has 4 rings (SSSR count). The molecule has 3 amide bonds. The third kappa shape index (κ3) is 9.47. The maximum absolute atomic E-state index is 13.6. The lowest BCUT2D eigenvalue weighted by atomic mass is 9.99. The third-order valence-electron chi connectivity index (χ3n) is 7.71. The van der Waals surface area contributed by atoms with Gasteiger partial charge < -0.3 is 26.0 Å². The van der Waals surface area contributed by atoms with E-state index in [9.17, 15) is 14.4 Å². The summed E-state index contributed by atoms with van der Waals surface area (Å²) < 4.78 is 6.13. The standard InChI is InChI=1S/C32H43ClN4O4/c1-20(2)29-32(40)36-27(17-22-11-12-22)30(38)35-19-21(3)15-24-8-4-5-10-28(24)41-14-13-34-26(31(39)37-29)18-23-7-6-9-25(33)16-23/h4-10,16,20-22,26-27,29,34H,11-15,17-19H2,1-3H3,(H,35,38)(H,36,40)(H,37,39)/t21?,26-,27+,29-/m1/s1. The minimum atomic E-state index is -0.790. The fourth-order valence-corrected chi connectivity index (χ4v) is 5.39. The van der Waals surface area contributed by atoms with Crippen LogP contribution in [0.4, 0.5) is 0 Å². The van der Waals surface area contributed by atoms with Crippen LogP contribution in [0.15, 0.2) is 48.5 Å². The van der Waals surface area contributed by atoms with Crippen LogP contribution in [-0.4, -0.2) is 55.5 Å². The van der Waals surface area contributed by atoms with E-state index in [4.69, 9.17) is 16.3 Å². The van der Waals surface area contributed by atoms with E-state index in [-0.39, 0.29) is 29.6 Å². The predicted molar refractivity (Wildman–Crippen MR) is 161 cm³/mol. The van der Waals surface area contributed by atoms with Gasteiger partial charge in [0.25, 0.3) is 0 Å². The third-order valence-corrected chi connectivity index (χ3v) is 7.94. The summed E-state index contributed by atoms with van der Waals surface area (Å²) in [6.45, 7) is 7.15. The first-order valence-corrected chi connectivity index (χ1v) is 15.1. The second kappa shape index (κ2) is 14.7. The molecule has 0 spiro atoms. The van der Waals surface area contributed by atoms with E-state index in [2.05, 4.69) is 28.2 Å². The summed E-state index contributed by atoms with van der Waals surface area (Å²) in [6.07, 6.45) is 3.85. The van der Waals surface area contributed by atoms with Gasteiger partial charge in [-0.15, -0.1) is 0 Å². The minimum Gasteiger partial charge on any atom is -0.492 e. The van der Waals surface area contributed by atoms with Crippen LogP contribution in [0.25, 0.3) is 0 Å². The van der Waals surface area contributed by atoms with Crippen molar-refractivity contribution in [2.24, 2.45) is 17.8 Å². The summed E-state index contributed by atoms with van der Waals surface area (Å²) in [5.41, 5.74) is 1.96. The summed E-state index contributed by atoms with van der Waals surface area (Å²) in [7, 11) is 0. The van der Waals surface area contributed by atoms with Crippen molar-refractivity contribution in [3.63, 3.8) is 0 Å². The van der Waals surface area contributed by atoms with Gasteiger partial charge in [-0.05, 0) is 66.3 Å². The average molecular weight is 583 g/mol. The van der Waals surface area contributed by atoms with Gasteiger partial charge in [0.05, 0.1) is 6.04 Å². The van der Waals surface area contributed by atoms with Crippen molar-refractivity contribution in [1.82, 2.24) is 21.3 Å². The quantitative estimate of drug-likeness (QED) is 0.430. The molecule has 2 aromatic rings. The van der Waals surface area contributed by atoms with Gasteiger partial charge in [0.1, 0.15) is 24.4 Å². The molecule has 9 heteroatoms. The molecule has 222 valence electrons. The molecular formula is C32H43ClN4O4. The number of fused-ring (bicyclic) bond motifs is 1. The highest BCUT2D eigenvalue weighted by atomic mass is 35.5. The highest BCUT2D eigenvalue weighted by Crippen LogP contribution is 2.33. The van der Waals surface area contributed by atoms with Crippen molar-refractivity contribution in [2.45, 2.75) is 71.0 Å². The fourth-order valence-electron chi connectivity index (χ4n) is 5.18. The zero-order chi connectivity index (χ0) is 29.4. The number of hydrogen-bond acceptors (Lipinski definition) is 5. The van der Waals surface area contributed by atoms with E-state index in [1.807, 2.05) is 56.3 Å². The SMILES string of the molecule is CC1CNC(=O)[C@H](CC2CC2)NC(=O)[C@@H](C(C)C)NC(=O)[C@@H](Cc2cccc(Cl)c2)NCCOc2ccccc2C1. The predicted octanol–water partition coefficient (Wildman–Crippen LogP) is 3.65. The molecule has 1 heterocycles. The van der Waals surface area contributed by atoms with Crippen molar-refractivity contribution >= 4 is 29.3 Å². The lowest BCUT2D eigenvalue weighted by molar-refractivity contribution is -0.133. The monoisotopic (exact) mass is 582 g/mol. The Hall–Kier alpha value is -3.10. The summed E-state index contributed by atoms with van der Waals surface area (Å²) in [5.74, 6) is 0.395. The van der Waals surface area contributed by atoms with Crippen LogP contribution >= 0.6 is 11.6 Å². The zero-order valence-electron chi connectivity index (χ0n) is 24.3. The zero-order valence-corrected chi connectivity index (χ0v) is 25.0. The molecule has 1 fully saturated rings. The van der Waals surface area contributed by atoms with Crippen molar-refractivity contribution < 1.29 is 19.1 Å². The molecule has 8 nitrogen and oxygen atoms in total. The Bertz CT molecular complexity index is 1200. The van der Waals surface area contributed by atoms with E-state index in [0.717, 1.165) is 36.1 Å². The molecule has 41 heavy (non-hydrogen) atoms. The van der Waals surface area contributed by atoms with Gasteiger partial charge in [-0.1, -0.05) is 75.5 Å². The number of rotatable bonds is 5. The van der Waals surface area contributed by atoms with Gasteiger partial charge in [-0.25, -0.2) is 0 Å². The van der Waals surface area contributed by atoms with E-state index in [1.165, 1.54) is 0 Å². The normalized spacial score (nSPS) is 25.1. The number of halogens is 1. The molecule has 0 bridgehead atoms. The first-order valence-electron chi connectivity index (χ1n) is 14.8. The van der Waals surface area contributed by atoms with Crippen LogP contribution < -0.4 is 26.0 Å². The second-order valence-corrected chi connectivity index (χ2v) is 12.3. The van der Waals surface area contributed by atoms with Crippen LogP contribution in [0.2, 0.25) is 5.02 Å². The summed E-state index contributed by atoms with van der Waals surface area (Å²) in [6, 6.07) is 13.3. The topological polar surface area (TPSA) is 109 Å². The highest BCUT2D eigenvalue weighted by Gasteiger charge is 2.34. The average Bonchev–Trinajstić information content (AvgIpc) is 3.76. The largest absolute Gasteiger partial charge is 0.492 e. The molecule has 0 saturated heterocycles. The Balaban J connectivity index is 1.58. The van der Waals surface area contributed by atoms with E-state index < -0.39 is 18.1 Å². The number of amides is 3. The Morgan fingerprint density at radius 1 is 0.951 bits per heavy atom. The molecule has 1 aliphatic carbocycles. The molecule has 0 aromatic heterocycles. The first-order chi connectivity index (χ1) is 19.7. The number of para-hydroxylation sites is 1. The van der Waals surface area contributed by atoms with Gasteiger partial charge >= 0.3 is 0 Å². The minimum absolute atomic E-state index is 0.169. The number of benzene rings is 2. The first kappa shape index (κ1) is 30.8. The molecule has 1 unspecified atom stereocenters. The van der Waals surface area contributed by atoms with E-state index >= 15 is 0 Å². The number of carbonyl (C=O) groups excluding carboxylic acids is 3. The van der Waals surface area contributed by atoms with Gasteiger partial charge in [-0.3, -0.25) is 14.4 Å². The number of hydrogen-bond donors (Lipinski definition) is 4. The Kier molecular flexibility index (Phi) is 11.1. The fraction of sp³-hybridized carbons (Fsp3) is 0.531. The summed E-state index contributed by atoms with van der Waals surface area (Å²) in [5, 5.41) is 12.9. The Morgan fingerprint density at radius 3 is 2.46 bits per heavy atom. The van der Waals surface area contributed by atoms with Crippen LogP contribution in [0, 0.1) is 17.8 Å². The van der Waals surface area contributed by atoms with E-state index in [0.29, 0.717) is 43.5 Å². The maximum atomic E-state index is 13.6. The summed E-state index contributed by atoms with van der Waals surface area (Å²) >= 11 is 6.21. The van der Waals surface area contributed by atoms with Crippen LogP contribution in [0.3, 0.4) is 0 Å². The second-order valence-electron chi connectivity index (χ2n) is 11.8. The Labute approximate surface area is 248 Å². The van der Waals surface area contributed by atoms with Gasteiger partial charge in [0.2, 0.25) is 17.7 Å². The Morgan fingerprint density at radius 2 is 1.73 bits per heavy atom. The molecule has 2 aliphatic rings. The molecule has 4 N–H and O–H groups in total. The van der Waals surface area contributed by atoms with Gasteiger partial charge in [-0.2, -0.15) is 0 Å². The van der Waals surface area contributed by atoms with Crippen LogP contribution in [0.5, 0.6) is 5.75 Å². The van der Waals surface area contributed by atoms with Gasteiger partial charge in [0.15, 0.2) is 0 Å². The van der Waals surface area contributed by atoms with Crippen LogP contribution in [0.1, 0.15) is 51.2 Å². The molecule has 1 aliphatic heterocycles. The van der Waals surface area contributed by atoms with Crippen molar-refractivity contribution in [2.75, 3.05) is 19.7 Å². The number of nitrogens with one attached hydrogen (secondary N) is 4. The molecular weight excluding hydrogens is 540 g/mol. The summed E-state index contributed by atoms with van der Waals surface area (Å²) in [4.78, 5) is 40.4. The molecule has 4 atom stereocenters. The number of carbonyl (C=O) groups is 3. The lowest BCUT2D eigenvalue weighted by Crippen LogP contribution is -2.58. The van der Waals surface area contributed by atoms with E-state index in [1.54, 1.807) is 6.07 Å². The maximum Gasteiger partial charge on any atom is 0.243 e. The van der Waals surface area contributed by atoms with Crippen molar-refractivity contribution in [1.29, 1.82) is 0 Å². The van der Waals surface area contributed by atoms with Crippen molar-refractivity contribution in [3.05, 3.63) is 64.7 Å². The molecule has 0 radical (unpaired) electrons.